The molecule has 4 heteroatoms. The number of hydrogen-bond acceptors (Lipinski definition) is 3. The topological polar surface area (TPSA) is 44.5 Å². The Balaban J connectivity index is 2.29. The normalized spacial score (nSPS) is 10.3. The van der Waals surface area contributed by atoms with Crippen molar-refractivity contribution in [3.8, 4) is 17.2 Å². The average molecular weight is 275 g/mol. The molecule has 3 nitrogen and oxygen atoms in total. The van der Waals surface area contributed by atoms with Crippen LogP contribution in [0.4, 0.5) is 10.1 Å². The maximum absolute atomic E-state index is 13.7. The van der Waals surface area contributed by atoms with E-state index in [4.69, 9.17) is 15.2 Å². The lowest BCUT2D eigenvalue weighted by atomic mass is 10.2. The fourth-order valence-electron chi connectivity index (χ4n) is 1.75. The molecule has 0 amide bonds. The van der Waals surface area contributed by atoms with Gasteiger partial charge >= 0.3 is 0 Å². The number of para-hydroxylation sites is 1. The number of ether oxygens (including phenoxy) is 2. The Morgan fingerprint density at radius 2 is 1.85 bits per heavy atom. The van der Waals surface area contributed by atoms with Crippen LogP contribution in [0.3, 0.4) is 0 Å². The summed E-state index contributed by atoms with van der Waals surface area (Å²) in [6, 6.07) is 10.3. The van der Waals surface area contributed by atoms with Gasteiger partial charge in [-0.2, -0.15) is 0 Å². The molecule has 0 aliphatic heterocycles. The summed E-state index contributed by atoms with van der Waals surface area (Å²) >= 11 is 0. The molecule has 0 bridgehead atoms. The van der Waals surface area contributed by atoms with Gasteiger partial charge in [0.05, 0.1) is 12.3 Å². The molecule has 2 N–H and O–H groups in total. The number of halogens is 1. The molecule has 2 rings (SSSR count). The van der Waals surface area contributed by atoms with Crippen molar-refractivity contribution < 1.29 is 13.9 Å². The van der Waals surface area contributed by atoms with Crippen molar-refractivity contribution in [2.45, 2.75) is 20.3 Å². The number of aryl methyl sites for hydroxylation is 1. The highest BCUT2D eigenvalue weighted by atomic mass is 19.1. The fraction of sp³-hybridized carbons (Fsp3) is 0.250. The van der Waals surface area contributed by atoms with E-state index in [-0.39, 0.29) is 11.4 Å². The Kier molecular flexibility index (Phi) is 4.45. The summed E-state index contributed by atoms with van der Waals surface area (Å²) in [6.07, 6.45) is 0.803. The van der Waals surface area contributed by atoms with Gasteiger partial charge in [-0.15, -0.1) is 0 Å². The van der Waals surface area contributed by atoms with E-state index in [2.05, 4.69) is 0 Å². The monoisotopic (exact) mass is 275 g/mol. The first-order valence-electron chi connectivity index (χ1n) is 6.57. The predicted octanol–water partition coefficient (Wildman–Crippen LogP) is 4.30. The molecule has 0 spiro atoms. The minimum atomic E-state index is -0.479. The van der Waals surface area contributed by atoms with Crippen molar-refractivity contribution in [1.82, 2.24) is 0 Å². The fourth-order valence-corrected chi connectivity index (χ4v) is 1.75. The Bertz CT molecular complexity index is 599. The standard InChI is InChI=1S/C16H18FNO2/c1-3-8-19-15-10-16(13(18)9-12(15)17)20-14-7-5-4-6-11(14)2/h4-7,9-10H,3,8,18H2,1-2H3. The van der Waals surface area contributed by atoms with Gasteiger partial charge in [-0.3, -0.25) is 0 Å². The van der Waals surface area contributed by atoms with Crippen LogP contribution < -0.4 is 15.2 Å². The molecule has 0 saturated heterocycles. The lowest BCUT2D eigenvalue weighted by Gasteiger charge is -2.13. The van der Waals surface area contributed by atoms with Crippen molar-refractivity contribution in [3.05, 3.63) is 47.8 Å². The first-order chi connectivity index (χ1) is 9.61. The third-order valence-electron chi connectivity index (χ3n) is 2.84. The van der Waals surface area contributed by atoms with E-state index in [1.807, 2.05) is 38.1 Å². The molecule has 0 aliphatic carbocycles. The summed E-state index contributed by atoms with van der Waals surface area (Å²) in [5.41, 5.74) is 7.02. The van der Waals surface area contributed by atoms with Crippen LogP contribution in [0.1, 0.15) is 18.9 Å². The quantitative estimate of drug-likeness (QED) is 0.827. The van der Waals surface area contributed by atoms with Crippen molar-refractivity contribution >= 4 is 5.69 Å². The average Bonchev–Trinajstić information content (AvgIpc) is 2.43. The van der Waals surface area contributed by atoms with Crippen LogP contribution in [-0.2, 0) is 0 Å². The molecule has 0 unspecified atom stereocenters. The molecule has 0 aliphatic rings. The first-order valence-corrected chi connectivity index (χ1v) is 6.57. The minimum absolute atomic E-state index is 0.157. The number of rotatable bonds is 5. The van der Waals surface area contributed by atoms with Gasteiger partial charge in [-0.05, 0) is 25.0 Å². The number of nitrogens with two attached hydrogens (primary N) is 1. The van der Waals surface area contributed by atoms with Crippen molar-refractivity contribution in [1.29, 1.82) is 0 Å². The molecule has 0 aromatic heterocycles. The van der Waals surface area contributed by atoms with Gasteiger partial charge < -0.3 is 15.2 Å². The molecule has 2 aromatic carbocycles. The summed E-state index contributed by atoms with van der Waals surface area (Å²) in [5, 5.41) is 0. The maximum atomic E-state index is 13.7. The minimum Gasteiger partial charge on any atom is -0.490 e. The molecule has 0 radical (unpaired) electrons. The third kappa shape index (κ3) is 3.20. The van der Waals surface area contributed by atoms with Gasteiger partial charge in [0.2, 0.25) is 0 Å². The Labute approximate surface area is 118 Å². The summed E-state index contributed by atoms with van der Waals surface area (Å²) in [4.78, 5) is 0. The van der Waals surface area contributed by atoms with Crippen LogP contribution in [0.2, 0.25) is 0 Å². The molecule has 2 aromatic rings. The molecule has 20 heavy (non-hydrogen) atoms. The molecule has 0 fully saturated rings. The summed E-state index contributed by atoms with van der Waals surface area (Å²) in [5.74, 6) is 0.761. The zero-order valence-corrected chi connectivity index (χ0v) is 11.7. The highest BCUT2D eigenvalue weighted by Gasteiger charge is 2.11. The SMILES string of the molecule is CCCOc1cc(Oc2ccccc2C)c(N)cc1F. The van der Waals surface area contributed by atoms with Gasteiger partial charge in [-0.1, -0.05) is 25.1 Å². The lowest BCUT2D eigenvalue weighted by molar-refractivity contribution is 0.299. The number of hydrogen-bond donors (Lipinski definition) is 1. The van der Waals surface area contributed by atoms with Gasteiger partial charge in [0.15, 0.2) is 17.3 Å². The second-order valence-corrected chi connectivity index (χ2v) is 4.54. The van der Waals surface area contributed by atoms with Crippen molar-refractivity contribution in [3.63, 3.8) is 0 Å². The predicted molar refractivity (Wildman–Crippen MR) is 77.9 cm³/mol. The van der Waals surface area contributed by atoms with Gasteiger partial charge in [0, 0.05) is 12.1 Å². The number of benzene rings is 2. The van der Waals surface area contributed by atoms with Crippen LogP contribution in [0.5, 0.6) is 17.2 Å². The molecule has 0 heterocycles. The summed E-state index contributed by atoms with van der Waals surface area (Å²) < 4.78 is 24.8. The zero-order valence-electron chi connectivity index (χ0n) is 11.7. The molecular weight excluding hydrogens is 257 g/mol. The summed E-state index contributed by atoms with van der Waals surface area (Å²) in [6.45, 7) is 4.34. The van der Waals surface area contributed by atoms with Crippen LogP contribution in [0, 0.1) is 12.7 Å². The smallest absolute Gasteiger partial charge is 0.167 e. The van der Waals surface area contributed by atoms with Gasteiger partial charge in [0.25, 0.3) is 0 Å². The Morgan fingerprint density at radius 3 is 2.55 bits per heavy atom. The molecular formula is C16H18FNO2. The third-order valence-corrected chi connectivity index (χ3v) is 2.84. The number of nitrogen functional groups attached to an aromatic ring is 1. The molecule has 0 atom stereocenters. The van der Waals surface area contributed by atoms with E-state index in [1.165, 1.54) is 12.1 Å². The Morgan fingerprint density at radius 1 is 1.10 bits per heavy atom. The van der Waals surface area contributed by atoms with Crippen molar-refractivity contribution in [2.24, 2.45) is 0 Å². The number of anilines is 1. The van der Waals surface area contributed by atoms with E-state index >= 15 is 0 Å². The summed E-state index contributed by atoms with van der Waals surface area (Å²) in [7, 11) is 0. The van der Waals surface area contributed by atoms with E-state index in [0.717, 1.165) is 12.0 Å². The highest BCUT2D eigenvalue weighted by Crippen LogP contribution is 2.34. The van der Waals surface area contributed by atoms with Crippen LogP contribution in [0.25, 0.3) is 0 Å². The zero-order chi connectivity index (χ0) is 14.5. The van der Waals surface area contributed by atoms with Crippen LogP contribution in [-0.4, -0.2) is 6.61 Å². The molecule has 106 valence electrons. The Hall–Kier alpha value is -2.23. The van der Waals surface area contributed by atoms with Crippen LogP contribution in [0.15, 0.2) is 36.4 Å². The highest BCUT2D eigenvalue weighted by molar-refractivity contribution is 5.58. The van der Waals surface area contributed by atoms with E-state index in [9.17, 15) is 4.39 Å². The van der Waals surface area contributed by atoms with Crippen LogP contribution >= 0.6 is 0 Å². The molecule has 0 saturated carbocycles. The van der Waals surface area contributed by atoms with Gasteiger partial charge in [0.1, 0.15) is 5.75 Å². The second kappa shape index (κ2) is 6.28. The van der Waals surface area contributed by atoms with Crippen molar-refractivity contribution in [2.75, 3.05) is 12.3 Å². The van der Waals surface area contributed by atoms with E-state index < -0.39 is 5.82 Å². The van der Waals surface area contributed by atoms with E-state index in [1.54, 1.807) is 0 Å². The lowest BCUT2D eigenvalue weighted by Crippen LogP contribution is -2.00. The first kappa shape index (κ1) is 14.2. The largest absolute Gasteiger partial charge is 0.490 e. The van der Waals surface area contributed by atoms with E-state index in [0.29, 0.717) is 18.1 Å². The second-order valence-electron chi connectivity index (χ2n) is 4.54. The maximum Gasteiger partial charge on any atom is 0.167 e. The van der Waals surface area contributed by atoms with Gasteiger partial charge in [-0.25, -0.2) is 4.39 Å².